The summed E-state index contributed by atoms with van der Waals surface area (Å²) >= 11 is 3.42. The lowest BCUT2D eigenvalue weighted by Gasteiger charge is -2.11. The van der Waals surface area contributed by atoms with Crippen molar-refractivity contribution in [3.05, 3.63) is 151 Å². The molecule has 0 radical (unpaired) electrons. The number of aromatic nitrogens is 8. The Morgan fingerprint density at radius 1 is 0.464 bits per heavy atom. The van der Waals surface area contributed by atoms with E-state index in [1.807, 2.05) is 6.07 Å². The maximum atomic E-state index is 5.11. The number of fused-ring (bicyclic) bond motifs is 12. The average molecular weight is 757 g/mol. The first-order chi connectivity index (χ1) is 27.7. The first-order valence-corrected chi connectivity index (χ1v) is 20.3. The summed E-state index contributed by atoms with van der Waals surface area (Å²) in [5.74, 6) is 1.86. The van der Waals surface area contributed by atoms with Gasteiger partial charge in [0.2, 0.25) is 11.6 Å². The molecule has 1 aliphatic carbocycles. The molecule has 0 atom stereocenters. The fraction of sp³-hybridized carbons (Fsp3) is 0.0435. The number of rotatable bonds is 4. The smallest absolute Gasteiger partial charge is 0.220 e. The van der Waals surface area contributed by atoms with Crippen LogP contribution in [0.3, 0.4) is 0 Å². The minimum absolute atomic E-state index is 0.907. The second kappa shape index (κ2) is 11.3. The molecule has 0 saturated heterocycles. The first-order valence-electron chi connectivity index (χ1n) is 18.7. The van der Waals surface area contributed by atoms with E-state index in [4.69, 9.17) is 19.9 Å². The van der Waals surface area contributed by atoms with Crippen molar-refractivity contribution in [2.45, 2.75) is 12.8 Å². The van der Waals surface area contributed by atoms with E-state index in [9.17, 15) is 0 Å². The van der Waals surface area contributed by atoms with E-state index in [1.165, 1.54) is 11.4 Å². The fourth-order valence-corrected chi connectivity index (χ4v) is 10.5. The van der Waals surface area contributed by atoms with E-state index < -0.39 is 0 Å². The summed E-state index contributed by atoms with van der Waals surface area (Å²) in [4.78, 5) is 20.3. The van der Waals surface area contributed by atoms with Gasteiger partial charge in [0, 0.05) is 22.5 Å². The predicted octanol–water partition coefficient (Wildman–Crippen LogP) is 11.5. The molecule has 1 aliphatic rings. The van der Waals surface area contributed by atoms with Gasteiger partial charge in [-0.05, 0) is 116 Å². The molecule has 264 valence electrons. The fourth-order valence-electron chi connectivity index (χ4n) is 8.57. The number of aryl methyl sites for hydroxylation is 1. The average Bonchev–Trinajstić information content (AvgIpc) is 4.09. The summed E-state index contributed by atoms with van der Waals surface area (Å²) in [6.45, 7) is 0. The highest BCUT2D eigenvalue weighted by molar-refractivity contribution is 7.23. The van der Waals surface area contributed by atoms with Gasteiger partial charge in [0.1, 0.15) is 10.0 Å². The Balaban J connectivity index is 0.828. The number of nitrogens with zero attached hydrogens (tertiary/aromatic N) is 8. The van der Waals surface area contributed by atoms with E-state index in [0.29, 0.717) is 0 Å². The van der Waals surface area contributed by atoms with Crippen molar-refractivity contribution in [2.24, 2.45) is 0 Å². The van der Waals surface area contributed by atoms with Crippen LogP contribution in [0.5, 0.6) is 0 Å². The van der Waals surface area contributed by atoms with E-state index in [-0.39, 0.29) is 0 Å². The highest BCUT2D eigenvalue weighted by Gasteiger charge is 2.23. The number of hydrogen-bond acceptors (Lipinski definition) is 6. The highest BCUT2D eigenvalue weighted by Crippen LogP contribution is 2.39. The van der Waals surface area contributed by atoms with Crippen LogP contribution in [0.4, 0.5) is 0 Å². The largest absolute Gasteiger partial charge is 0.280 e. The summed E-state index contributed by atoms with van der Waals surface area (Å²) in [6, 6.07) is 47.1. The van der Waals surface area contributed by atoms with Crippen LogP contribution in [0, 0.1) is 0 Å². The van der Waals surface area contributed by atoms with Crippen LogP contribution in [0.2, 0.25) is 0 Å². The lowest BCUT2D eigenvalue weighted by Crippen LogP contribution is -2.01. The minimum Gasteiger partial charge on any atom is -0.280 e. The third kappa shape index (κ3) is 4.27. The molecule has 0 spiro atoms. The molecule has 0 amide bonds. The van der Waals surface area contributed by atoms with E-state index in [2.05, 4.69) is 157 Å². The number of benzene rings is 6. The van der Waals surface area contributed by atoms with Crippen LogP contribution in [-0.2, 0) is 6.42 Å². The van der Waals surface area contributed by atoms with Crippen molar-refractivity contribution >= 4 is 93.8 Å². The van der Waals surface area contributed by atoms with Crippen LogP contribution >= 0.6 is 22.7 Å². The number of allylic oxidation sites excluding steroid dienone is 1. The quantitative estimate of drug-likeness (QED) is 0.179. The van der Waals surface area contributed by atoms with Crippen LogP contribution in [-0.4, -0.2) is 37.9 Å². The number of thiazole rings is 2. The molecule has 0 saturated carbocycles. The molecule has 10 heteroatoms. The molecule has 6 heterocycles. The molecule has 0 fully saturated rings. The van der Waals surface area contributed by atoms with E-state index >= 15 is 0 Å². The first kappa shape index (κ1) is 30.4. The van der Waals surface area contributed by atoms with Crippen molar-refractivity contribution in [3.63, 3.8) is 0 Å². The zero-order valence-electron chi connectivity index (χ0n) is 29.7. The molecule has 8 nitrogen and oxygen atoms in total. The van der Waals surface area contributed by atoms with Gasteiger partial charge in [0.25, 0.3) is 0 Å². The molecule has 56 heavy (non-hydrogen) atoms. The highest BCUT2D eigenvalue weighted by atomic mass is 32.1. The minimum atomic E-state index is 0.907. The Labute approximate surface area is 326 Å². The predicted molar refractivity (Wildman–Crippen MR) is 230 cm³/mol. The van der Waals surface area contributed by atoms with Gasteiger partial charge >= 0.3 is 0 Å². The van der Waals surface area contributed by atoms with Crippen molar-refractivity contribution in [2.75, 3.05) is 0 Å². The number of hydrogen-bond donors (Lipinski definition) is 0. The van der Waals surface area contributed by atoms with Gasteiger partial charge in [-0.2, -0.15) is 0 Å². The van der Waals surface area contributed by atoms with E-state index in [1.54, 1.807) is 22.7 Å². The Morgan fingerprint density at radius 2 is 0.982 bits per heavy atom. The Morgan fingerprint density at radius 3 is 1.61 bits per heavy atom. The lowest BCUT2D eigenvalue weighted by atomic mass is 10.1. The Hall–Kier alpha value is -6.88. The third-order valence-corrected chi connectivity index (χ3v) is 13.3. The molecule has 12 aromatic rings. The van der Waals surface area contributed by atoms with Crippen molar-refractivity contribution < 1.29 is 0 Å². The molecular formula is C46H28N8S2. The van der Waals surface area contributed by atoms with Crippen molar-refractivity contribution in [3.8, 4) is 32.5 Å². The zero-order valence-corrected chi connectivity index (χ0v) is 31.3. The number of imidazole rings is 4. The summed E-state index contributed by atoms with van der Waals surface area (Å²) < 4.78 is 11.4. The standard InChI is InChI=1S/C46H28N8S2/c1-3-11-35-31(9-1)49-45-51(37-13-5-7-15-39(37)53(35)45)29-21-17-27(18-22-29)43-47-33-25-42-34(26-41(33)55-43)48-44(56-42)28-19-23-30(24-20-28)52-38-14-6-8-16-40(38)54-36-12-4-2-10-32(36)50-46(52)54/h1-7,9-15,17-26H,8,16H2. The molecule has 0 unspecified atom stereocenters. The van der Waals surface area contributed by atoms with Crippen LogP contribution in [0.1, 0.15) is 17.8 Å². The third-order valence-electron chi connectivity index (χ3n) is 11.1. The Bertz CT molecular complexity index is 3540. The van der Waals surface area contributed by atoms with Gasteiger partial charge in [-0.15, -0.1) is 22.7 Å². The second-order valence-electron chi connectivity index (χ2n) is 14.3. The maximum Gasteiger partial charge on any atom is 0.220 e. The second-order valence-corrected chi connectivity index (χ2v) is 16.4. The van der Waals surface area contributed by atoms with Gasteiger partial charge in [-0.1, -0.05) is 42.5 Å². The molecule has 0 aliphatic heterocycles. The van der Waals surface area contributed by atoms with Gasteiger partial charge < -0.3 is 0 Å². The Kier molecular flexibility index (Phi) is 6.16. The van der Waals surface area contributed by atoms with Gasteiger partial charge in [0.15, 0.2) is 0 Å². The molecule has 0 bridgehead atoms. The summed E-state index contributed by atoms with van der Waals surface area (Å²) in [5, 5.41) is 2.00. The number of para-hydroxylation sites is 6. The SMILES string of the molecule is C1=Cc2c(n3c4ccccc4nc3n2-c2ccc(-c3nc4cc5sc(-c6ccc(-n7c8ccccc8n8c9ccccc9nc78)cc6)nc5cc4s3)cc2)CC1. The summed E-state index contributed by atoms with van der Waals surface area (Å²) in [5.41, 5.74) is 15.4. The van der Waals surface area contributed by atoms with Gasteiger partial charge in [-0.25, -0.2) is 19.9 Å². The van der Waals surface area contributed by atoms with Gasteiger partial charge in [0.05, 0.1) is 64.9 Å². The lowest BCUT2D eigenvalue weighted by molar-refractivity contribution is 0.917. The van der Waals surface area contributed by atoms with Crippen molar-refractivity contribution in [1.29, 1.82) is 0 Å². The van der Waals surface area contributed by atoms with Crippen LogP contribution in [0.15, 0.2) is 140 Å². The topological polar surface area (TPSA) is 70.2 Å². The normalized spacial score (nSPS) is 13.1. The van der Waals surface area contributed by atoms with E-state index in [0.717, 1.165) is 110 Å². The van der Waals surface area contributed by atoms with Crippen molar-refractivity contribution in [1.82, 2.24) is 37.9 Å². The maximum absolute atomic E-state index is 5.11. The zero-order chi connectivity index (χ0) is 36.5. The van der Waals surface area contributed by atoms with Crippen LogP contribution < -0.4 is 0 Å². The monoisotopic (exact) mass is 756 g/mol. The molecule has 6 aromatic carbocycles. The molecular weight excluding hydrogens is 729 g/mol. The van der Waals surface area contributed by atoms with Crippen LogP contribution in [0.25, 0.3) is 104 Å². The molecule has 0 N–H and O–H groups in total. The summed E-state index contributed by atoms with van der Waals surface area (Å²) in [7, 11) is 0. The molecule has 13 rings (SSSR count). The molecule has 6 aromatic heterocycles. The van der Waals surface area contributed by atoms with Gasteiger partial charge in [-0.3, -0.25) is 17.9 Å². The summed E-state index contributed by atoms with van der Waals surface area (Å²) in [6.07, 6.45) is 6.55.